The fourth-order valence-electron chi connectivity index (χ4n) is 2.48. The molecule has 0 spiro atoms. The third-order valence-electron chi connectivity index (χ3n) is 3.95. The van der Waals surface area contributed by atoms with Crippen molar-refractivity contribution in [3.63, 3.8) is 0 Å². The molecule has 0 aliphatic rings. The highest BCUT2D eigenvalue weighted by Crippen LogP contribution is 2.25. The van der Waals surface area contributed by atoms with E-state index < -0.39 is 0 Å². The van der Waals surface area contributed by atoms with Gasteiger partial charge in [0.25, 0.3) is 0 Å². The SMILES string of the molecule is CCNC(=NCc1ccc(OC)cc1OC)NCc1ccccc1C.I. The number of hydrogen-bond donors (Lipinski definition) is 2. The summed E-state index contributed by atoms with van der Waals surface area (Å²) in [6, 6.07) is 14.1. The first-order chi connectivity index (χ1) is 12.2. The molecule has 5 nitrogen and oxygen atoms in total. The Morgan fingerprint density at radius 1 is 1.00 bits per heavy atom. The number of rotatable bonds is 7. The molecule has 0 saturated carbocycles. The Hall–Kier alpha value is -1.96. The van der Waals surface area contributed by atoms with Crippen LogP contribution in [0.15, 0.2) is 47.5 Å². The molecule has 0 aliphatic carbocycles. The van der Waals surface area contributed by atoms with Gasteiger partial charge in [-0.1, -0.05) is 24.3 Å². The van der Waals surface area contributed by atoms with Gasteiger partial charge in [0.05, 0.1) is 20.8 Å². The van der Waals surface area contributed by atoms with Crippen molar-refractivity contribution in [2.45, 2.75) is 26.9 Å². The number of nitrogens with one attached hydrogen (secondary N) is 2. The first kappa shape index (κ1) is 22.1. The largest absolute Gasteiger partial charge is 0.497 e. The van der Waals surface area contributed by atoms with Gasteiger partial charge < -0.3 is 20.1 Å². The lowest BCUT2D eigenvalue weighted by Crippen LogP contribution is -2.36. The minimum atomic E-state index is 0. The van der Waals surface area contributed by atoms with Crippen LogP contribution < -0.4 is 20.1 Å². The van der Waals surface area contributed by atoms with E-state index in [0.717, 1.165) is 36.1 Å². The van der Waals surface area contributed by atoms with Crippen LogP contribution in [0.3, 0.4) is 0 Å². The predicted molar refractivity (Wildman–Crippen MR) is 118 cm³/mol. The molecule has 0 aliphatic heterocycles. The molecule has 142 valence electrons. The minimum Gasteiger partial charge on any atom is -0.497 e. The zero-order chi connectivity index (χ0) is 18.1. The maximum absolute atomic E-state index is 5.44. The summed E-state index contributed by atoms with van der Waals surface area (Å²) in [7, 11) is 3.30. The average molecular weight is 469 g/mol. The van der Waals surface area contributed by atoms with Crippen molar-refractivity contribution in [3.05, 3.63) is 59.2 Å². The Morgan fingerprint density at radius 2 is 1.77 bits per heavy atom. The number of methoxy groups -OCH3 is 2. The molecule has 0 amide bonds. The molecule has 2 N–H and O–H groups in total. The van der Waals surface area contributed by atoms with Crippen LogP contribution in [0.2, 0.25) is 0 Å². The average Bonchev–Trinajstić information content (AvgIpc) is 2.65. The van der Waals surface area contributed by atoms with Crippen LogP contribution in [0, 0.1) is 6.92 Å². The van der Waals surface area contributed by atoms with E-state index in [1.807, 2.05) is 24.3 Å². The summed E-state index contributed by atoms with van der Waals surface area (Å²) < 4.78 is 10.7. The lowest BCUT2D eigenvalue weighted by molar-refractivity contribution is 0.391. The maximum atomic E-state index is 5.44. The molecule has 0 saturated heterocycles. The quantitative estimate of drug-likeness (QED) is 0.367. The summed E-state index contributed by atoms with van der Waals surface area (Å²) in [5.41, 5.74) is 3.54. The summed E-state index contributed by atoms with van der Waals surface area (Å²) >= 11 is 0. The predicted octanol–water partition coefficient (Wildman–Crippen LogP) is 3.89. The Morgan fingerprint density at radius 3 is 2.42 bits per heavy atom. The summed E-state index contributed by atoms with van der Waals surface area (Å²) in [5, 5.41) is 6.66. The van der Waals surface area contributed by atoms with Gasteiger partial charge in [0, 0.05) is 24.7 Å². The number of halogens is 1. The van der Waals surface area contributed by atoms with E-state index in [0.29, 0.717) is 6.54 Å². The lowest BCUT2D eigenvalue weighted by atomic mass is 10.1. The third-order valence-corrected chi connectivity index (χ3v) is 3.95. The molecule has 6 heteroatoms. The van der Waals surface area contributed by atoms with Gasteiger partial charge in [0.2, 0.25) is 0 Å². The zero-order valence-corrected chi connectivity index (χ0v) is 18.2. The highest BCUT2D eigenvalue weighted by Gasteiger charge is 2.06. The molecule has 0 bridgehead atoms. The van der Waals surface area contributed by atoms with Crippen molar-refractivity contribution in [1.82, 2.24) is 10.6 Å². The topological polar surface area (TPSA) is 54.9 Å². The number of ether oxygens (including phenoxy) is 2. The van der Waals surface area contributed by atoms with E-state index in [4.69, 9.17) is 9.47 Å². The fraction of sp³-hybridized carbons (Fsp3) is 0.350. The Bertz CT molecular complexity index is 720. The van der Waals surface area contributed by atoms with E-state index in [-0.39, 0.29) is 24.0 Å². The van der Waals surface area contributed by atoms with Crippen LogP contribution in [0.4, 0.5) is 0 Å². The summed E-state index contributed by atoms with van der Waals surface area (Å²) in [4.78, 5) is 4.67. The number of aryl methyl sites for hydroxylation is 1. The van der Waals surface area contributed by atoms with Crippen molar-refractivity contribution in [1.29, 1.82) is 0 Å². The Labute approximate surface area is 173 Å². The first-order valence-electron chi connectivity index (χ1n) is 8.45. The molecule has 0 fully saturated rings. The minimum absolute atomic E-state index is 0. The number of benzene rings is 2. The zero-order valence-electron chi connectivity index (χ0n) is 15.8. The van der Waals surface area contributed by atoms with E-state index in [1.165, 1.54) is 11.1 Å². The maximum Gasteiger partial charge on any atom is 0.191 e. The van der Waals surface area contributed by atoms with Crippen LogP contribution in [-0.4, -0.2) is 26.7 Å². The van der Waals surface area contributed by atoms with Gasteiger partial charge in [0.15, 0.2) is 5.96 Å². The second-order valence-electron chi connectivity index (χ2n) is 5.65. The van der Waals surface area contributed by atoms with Crippen molar-refractivity contribution >= 4 is 29.9 Å². The number of nitrogens with zero attached hydrogens (tertiary/aromatic N) is 1. The van der Waals surface area contributed by atoms with Gasteiger partial charge in [-0.05, 0) is 37.1 Å². The summed E-state index contributed by atoms with van der Waals surface area (Å²) in [5.74, 6) is 2.33. The van der Waals surface area contributed by atoms with E-state index in [1.54, 1.807) is 14.2 Å². The highest BCUT2D eigenvalue weighted by atomic mass is 127. The van der Waals surface area contributed by atoms with E-state index >= 15 is 0 Å². The number of guanidine groups is 1. The van der Waals surface area contributed by atoms with Crippen molar-refractivity contribution in [2.75, 3.05) is 20.8 Å². The molecule has 26 heavy (non-hydrogen) atoms. The monoisotopic (exact) mass is 469 g/mol. The summed E-state index contributed by atoms with van der Waals surface area (Å²) in [6.07, 6.45) is 0. The van der Waals surface area contributed by atoms with Crippen LogP contribution in [0.5, 0.6) is 11.5 Å². The Kier molecular flexibility index (Phi) is 9.87. The molecule has 0 unspecified atom stereocenters. The van der Waals surface area contributed by atoms with Gasteiger partial charge in [-0.2, -0.15) is 0 Å². The fourth-order valence-corrected chi connectivity index (χ4v) is 2.48. The molecule has 2 rings (SSSR count). The second-order valence-corrected chi connectivity index (χ2v) is 5.65. The molecule has 0 atom stereocenters. The van der Waals surface area contributed by atoms with E-state index in [2.05, 4.69) is 47.7 Å². The van der Waals surface area contributed by atoms with Crippen molar-refractivity contribution in [2.24, 2.45) is 4.99 Å². The molecule has 0 heterocycles. The van der Waals surface area contributed by atoms with Crippen molar-refractivity contribution < 1.29 is 9.47 Å². The number of hydrogen-bond acceptors (Lipinski definition) is 3. The number of aliphatic imine (C=N–C) groups is 1. The smallest absolute Gasteiger partial charge is 0.191 e. The van der Waals surface area contributed by atoms with Crippen LogP contribution in [0.1, 0.15) is 23.6 Å². The highest BCUT2D eigenvalue weighted by molar-refractivity contribution is 14.0. The van der Waals surface area contributed by atoms with Gasteiger partial charge in [-0.25, -0.2) is 4.99 Å². The standard InChI is InChI=1S/C20H27N3O2.HI/c1-5-21-20(22-13-16-9-7-6-8-15(16)2)23-14-17-10-11-18(24-3)12-19(17)25-4;/h6-12H,5,13-14H2,1-4H3,(H2,21,22,23);1H. The molecular weight excluding hydrogens is 441 g/mol. The molecular formula is C20H28IN3O2. The van der Waals surface area contributed by atoms with Crippen LogP contribution in [0.25, 0.3) is 0 Å². The normalized spacial score (nSPS) is 10.7. The molecule has 0 radical (unpaired) electrons. The van der Waals surface area contributed by atoms with Gasteiger partial charge in [0.1, 0.15) is 11.5 Å². The van der Waals surface area contributed by atoms with Gasteiger partial charge >= 0.3 is 0 Å². The van der Waals surface area contributed by atoms with Crippen LogP contribution >= 0.6 is 24.0 Å². The van der Waals surface area contributed by atoms with E-state index in [9.17, 15) is 0 Å². The van der Waals surface area contributed by atoms with Crippen molar-refractivity contribution in [3.8, 4) is 11.5 Å². The summed E-state index contributed by atoms with van der Waals surface area (Å²) in [6.45, 7) is 6.23. The van der Waals surface area contributed by atoms with Gasteiger partial charge in [-0.3, -0.25) is 0 Å². The first-order valence-corrected chi connectivity index (χ1v) is 8.45. The Balaban J connectivity index is 0.00000338. The van der Waals surface area contributed by atoms with Crippen LogP contribution in [-0.2, 0) is 13.1 Å². The van der Waals surface area contributed by atoms with Gasteiger partial charge in [-0.15, -0.1) is 24.0 Å². The molecule has 2 aromatic rings. The lowest BCUT2D eigenvalue weighted by Gasteiger charge is -2.13. The molecule has 0 aromatic heterocycles. The molecule has 2 aromatic carbocycles. The third kappa shape index (κ3) is 6.40. The second kappa shape index (κ2) is 11.6.